The van der Waals surface area contributed by atoms with E-state index >= 15 is 0 Å². The molecule has 0 unspecified atom stereocenters. The molecule has 0 radical (unpaired) electrons. The van der Waals surface area contributed by atoms with E-state index in [0.29, 0.717) is 0 Å². The summed E-state index contributed by atoms with van der Waals surface area (Å²) in [6.07, 6.45) is -4.59. The second-order valence-electron chi connectivity index (χ2n) is 4.55. The maximum atomic E-state index is 13.0. The highest BCUT2D eigenvalue weighted by Crippen LogP contribution is 2.40. The second-order valence-corrected chi connectivity index (χ2v) is 5.40. The number of hydrogen-bond donors (Lipinski definition) is 0. The molecule has 0 N–H and O–H groups in total. The molecule has 3 nitrogen and oxygen atoms in total. The maximum Gasteiger partial charge on any atom is 0.421 e. The van der Waals surface area contributed by atoms with E-state index in [2.05, 4.69) is 15.9 Å². The third kappa shape index (κ3) is 4.99. The van der Waals surface area contributed by atoms with E-state index in [1.165, 1.54) is 12.1 Å². The fourth-order valence-electron chi connectivity index (χ4n) is 1.82. The van der Waals surface area contributed by atoms with Gasteiger partial charge in [-0.2, -0.15) is 13.2 Å². The zero-order valence-corrected chi connectivity index (χ0v) is 13.4. The van der Waals surface area contributed by atoms with E-state index in [1.807, 2.05) is 6.07 Å². The highest BCUT2D eigenvalue weighted by molar-refractivity contribution is 9.10. The molecule has 2 aromatic carbocycles. The molecule has 0 aliphatic heterocycles. The topological polar surface area (TPSA) is 35.5 Å². The van der Waals surface area contributed by atoms with Crippen LogP contribution in [-0.4, -0.2) is 12.6 Å². The van der Waals surface area contributed by atoms with E-state index in [9.17, 15) is 18.0 Å². The minimum absolute atomic E-state index is 0.0354. The van der Waals surface area contributed by atoms with Crippen molar-refractivity contribution in [2.75, 3.05) is 6.61 Å². The summed E-state index contributed by atoms with van der Waals surface area (Å²) in [7, 11) is 0. The van der Waals surface area contributed by atoms with Crippen molar-refractivity contribution in [1.82, 2.24) is 0 Å². The van der Waals surface area contributed by atoms with Crippen LogP contribution in [0.3, 0.4) is 0 Å². The number of alkyl halides is 3. The van der Waals surface area contributed by atoms with Gasteiger partial charge in [-0.15, -0.1) is 0 Å². The normalized spacial score (nSPS) is 11.1. The van der Waals surface area contributed by atoms with Gasteiger partial charge in [0.1, 0.15) is 17.9 Å². The van der Waals surface area contributed by atoms with Crippen LogP contribution in [0.25, 0.3) is 0 Å². The van der Waals surface area contributed by atoms with Gasteiger partial charge in [-0.05, 0) is 17.7 Å². The molecule has 122 valence electrons. The van der Waals surface area contributed by atoms with Gasteiger partial charge in [0.15, 0.2) is 6.61 Å². The SMILES string of the molecule is O=C(COc1cccc(Br)c1C(F)(F)F)OCc1ccccc1. The van der Waals surface area contributed by atoms with Crippen LogP contribution in [0.1, 0.15) is 11.1 Å². The largest absolute Gasteiger partial charge is 0.481 e. The standard InChI is InChI=1S/C16H12BrF3O3/c17-12-7-4-8-13(15(12)16(18,19)20)22-10-14(21)23-9-11-5-2-1-3-6-11/h1-8H,9-10H2. The number of ether oxygens (including phenoxy) is 2. The van der Waals surface area contributed by atoms with E-state index in [-0.39, 0.29) is 11.1 Å². The first kappa shape index (κ1) is 17.3. The lowest BCUT2D eigenvalue weighted by atomic mass is 10.2. The third-order valence-electron chi connectivity index (χ3n) is 2.85. The number of esters is 1. The molecule has 0 saturated heterocycles. The summed E-state index contributed by atoms with van der Waals surface area (Å²) < 4.78 is 48.7. The first-order valence-corrected chi connectivity index (χ1v) is 7.35. The van der Waals surface area contributed by atoms with Gasteiger partial charge in [-0.1, -0.05) is 52.3 Å². The van der Waals surface area contributed by atoms with Crippen LogP contribution in [-0.2, 0) is 22.3 Å². The molecule has 0 aromatic heterocycles. The fourth-order valence-corrected chi connectivity index (χ4v) is 2.39. The Balaban J connectivity index is 1.96. The maximum absolute atomic E-state index is 13.0. The first-order valence-electron chi connectivity index (χ1n) is 6.56. The van der Waals surface area contributed by atoms with Crippen molar-refractivity contribution in [3.05, 3.63) is 64.1 Å². The van der Waals surface area contributed by atoms with E-state index < -0.39 is 30.1 Å². The molecule has 0 aliphatic carbocycles. The van der Waals surface area contributed by atoms with Crippen molar-refractivity contribution >= 4 is 21.9 Å². The van der Waals surface area contributed by atoms with E-state index in [0.717, 1.165) is 11.6 Å². The van der Waals surface area contributed by atoms with Gasteiger partial charge in [0, 0.05) is 4.47 Å². The number of carbonyl (C=O) groups excluding carboxylic acids is 1. The summed E-state index contributed by atoms with van der Waals surface area (Å²) >= 11 is 2.84. The van der Waals surface area contributed by atoms with Gasteiger partial charge in [-0.25, -0.2) is 4.79 Å². The number of halogens is 4. The van der Waals surface area contributed by atoms with Crippen LogP contribution >= 0.6 is 15.9 Å². The quantitative estimate of drug-likeness (QED) is 0.702. The molecule has 0 fully saturated rings. The lowest BCUT2D eigenvalue weighted by Gasteiger charge is -2.15. The van der Waals surface area contributed by atoms with Gasteiger partial charge >= 0.3 is 12.1 Å². The highest BCUT2D eigenvalue weighted by Gasteiger charge is 2.36. The molecule has 23 heavy (non-hydrogen) atoms. The van der Waals surface area contributed by atoms with Crippen molar-refractivity contribution in [1.29, 1.82) is 0 Å². The molecule has 2 rings (SSSR count). The average molecular weight is 389 g/mol. The Morgan fingerprint density at radius 3 is 2.39 bits per heavy atom. The van der Waals surface area contributed by atoms with E-state index in [1.54, 1.807) is 24.3 Å². The molecule has 0 saturated carbocycles. The molecule has 0 atom stereocenters. The van der Waals surface area contributed by atoms with E-state index in [4.69, 9.17) is 9.47 Å². The Hall–Kier alpha value is -2.02. The van der Waals surface area contributed by atoms with Crippen LogP contribution in [0, 0.1) is 0 Å². The van der Waals surface area contributed by atoms with Gasteiger partial charge in [-0.3, -0.25) is 0 Å². The molecule has 0 spiro atoms. The lowest BCUT2D eigenvalue weighted by Crippen LogP contribution is -2.17. The van der Waals surface area contributed by atoms with Crippen molar-refractivity contribution < 1.29 is 27.4 Å². The lowest BCUT2D eigenvalue weighted by molar-refractivity contribution is -0.149. The Bertz CT molecular complexity index is 672. The summed E-state index contributed by atoms with van der Waals surface area (Å²) in [5, 5.41) is 0. The fraction of sp³-hybridized carbons (Fsp3) is 0.188. The van der Waals surface area contributed by atoms with Gasteiger partial charge < -0.3 is 9.47 Å². The van der Waals surface area contributed by atoms with Crippen LogP contribution in [0.4, 0.5) is 13.2 Å². The zero-order valence-electron chi connectivity index (χ0n) is 11.8. The van der Waals surface area contributed by atoms with Crippen molar-refractivity contribution in [2.45, 2.75) is 12.8 Å². The van der Waals surface area contributed by atoms with Crippen molar-refractivity contribution in [2.24, 2.45) is 0 Å². The van der Waals surface area contributed by atoms with Gasteiger partial charge in [0.05, 0.1) is 0 Å². The Morgan fingerprint density at radius 1 is 1.04 bits per heavy atom. The molecule has 0 amide bonds. The van der Waals surface area contributed by atoms with Crippen LogP contribution in [0.15, 0.2) is 53.0 Å². The van der Waals surface area contributed by atoms with Crippen molar-refractivity contribution in [3.63, 3.8) is 0 Å². The summed E-state index contributed by atoms with van der Waals surface area (Å²) in [4.78, 5) is 11.6. The Labute approximate surface area is 139 Å². The Kier molecular flexibility index (Phi) is 5.65. The molecule has 0 aliphatic rings. The summed E-state index contributed by atoms with van der Waals surface area (Å²) in [5.74, 6) is -1.18. The van der Waals surface area contributed by atoms with Crippen LogP contribution in [0.5, 0.6) is 5.75 Å². The predicted molar refractivity (Wildman–Crippen MR) is 80.9 cm³/mol. The molecule has 2 aromatic rings. The third-order valence-corrected chi connectivity index (χ3v) is 3.51. The summed E-state index contributed by atoms with van der Waals surface area (Å²) in [5.41, 5.74) is -0.185. The monoisotopic (exact) mass is 388 g/mol. The second kappa shape index (κ2) is 7.50. The molecule has 7 heteroatoms. The Morgan fingerprint density at radius 2 is 1.74 bits per heavy atom. The molecular formula is C16H12BrF3O3. The zero-order chi connectivity index (χ0) is 16.9. The summed E-state index contributed by atoms with van der Waals surface area (Å²) in [6.45, 7) is -0.569. The van der Waals surface area contributed by atoms with Crippen molar-refractivity contribution in [3.8, 4) is 5.75 Å². The number of hydrogen-bond acceptors (Lipinski definition) is 3. The molecular weight excluding hydrogens is 377 g/mol. The predicted octanol–water partition coefficient (Wildman–Crippen LogP) is 4.59. The molecule has 0 heterocycles. The smallest absolute Gasteiger partial charge is 0.421 e. The minimum atomic E-state index is -4.59. The number of benzene rings is 2. The van der Waals surface area contributed by atoms with Crippen LogP contribution in [0.2, 0.25) is 0 Å². The minimum Gasteiger partial charge on any atom is -0.481 e. The first-order chi connectivity index (χ1) is 10.9. The highest BCUT2D eigenvalue weighted by atomic mass is 79.9. The average Bonchev–Trinajstić information content (AvgIpc) is 2.50. The van der Waals surface area contributed by atoms with Crippen LogP contribution < -0.4 is 4.74 Å². The van der Waals surface area contributed by atoms with Gasteiger partial charge in [0.25, 0.3) is 0 Å². The summed E-state index contributed by atoms with van der Waals surface area (Å²) in [6, 6.07) is 12.7. The molecule has 0 bridgehead atoms. The number of carbonyl (C=O) groups is 1. The van der Waals surface area contributed by atoms with Gasteiger partial charge in [0.2, 0.25) is 0 Å². The number of rotatable bonds is 5.